The lowest BCUT2D eigenvalue weighted by atomic mass is 10.0. The number of alkyl halides is 1. The zero-order valence-electron chi connectivity index (χ0n) is 7.81. The van der Waals surface area contributed by atoms with Gasteiger partial charge in [0.1, 0.15) is 0 Å². The van der Waals surface area contributed by atoms with Crippen molar-refractivity contribution in [2.75, 3.05) is 0 Å². The first kappa shape index (κ1) is 10.5. The third-order valence-electron chi connectivity index (χ3n) is 2.39. The molecule has 0 spiro atoms. The second-order valence-corrected chi connectivity index (χ2v) is 5.18. The molecule has 74 valence electrons. The van der Waals surface area contributed by atoms with Gasteiger partial charge in [-0.3, -0.25) is 0 Å². The van der Waals surface area contributed by atoms with Gasteiger partial charge in [0.2, 0.25) is 0 Å². The Kier molecular flexibility index (Phi) is 3.15. The van der Waals surface area contributed by atoms with Crippen molar-refractivity contribution in [2.45, 2.75) is 19.2 Å². The number of hydrogen-bond acceptors (Lipinski definition) is 1. The molecule has 0 nitrogen and oxygen atoms in total. The standard InChI is InChI=1S/C11H10BrClS/c1-2-8-9(6-13)11-7(3-4-14-11)5-10(8)12/h3-5H,2,6H2,1H3. The van der Waals surface area contributed by atoms with Crippen molar-refractivity contribution in [2.24, 2.45) is 0 Å². The van der Waals surface area contributed by atoms with Gasteiger partial charge < -0.3 is 0 Å². The van der Waals surface area contributed by atoms with Gasteiger partial charge in [-0.25, -0.2) is 0 Å². The maximum absolute atomic E-state index is 6.00. The molecule has 0 saturated carbocycles. The highest BCUT2D eigenvalue weighted by Gasteiger charge is 2.10. The molecule has 2 aromatic rings. The Bertz CT molecular complexity index is 462. The molecule has 0 aliphatic carbocycles. The predicted molar refractivity (Wildman–Crippen MR) is 68.5 cm³/mol. The van der Waals surface area contributed by atoms with Gasteiger partial charge in [-0.1, -0.05) is 22.9 Å². The van der Waals surface area contributed by atoms with E-state index in [4.69, 9.17) is 11.6 Å². The summed E-state index contributed by atoms with van der Waals surface area (Å²) >= 11 is 11.4. The van der Waals surface area contributed by atoms with Gasteiger partial charge in [0.25, 0.3) is 0 Å². The molecular formula is C11H10BrClS. The topological polar surface area (TPSA) is 0 Å². The van der Waals surface area contributed by atoms with E-state index in [2.05, 4.69) is 40.4 Å². The van der Waals surface area contributed by atoms with Crippen LogP contribution in [0.25, 0.3) is 10.1 Å². The average Bonchev–Trinajstić information content (AvgIpc) is 2.62. The first-order valence-electron chi connectivity index (χ1n) is 4.51. The summed E-state index contributed by atoms with van der Waals surface area (Å²) in [5.41, 5.74) is 2.63. The van der Waals surface area contributed by atoms with E-state index in [1.54, 1.807) is 11.3 Å². The second-order valence-electron chi connectivity index (χ2n) is 3.14. The average molecular weight is 290 g/mol. The van der Waals surface area contributed by atoms with Gasteiger partial charge >= 0.3 is 0 Å². The maximum atomic E-state index is 6.00. The number of thiophene rings is 1. The van der Waals surface area contributed by atoms with Crippen molar-refractivity contribution in [3.05, 3.63) is 33.1 Å². The Balaban J connectivity index is 2.82. The monoisotopic (exact) mass is 288 g/mol. The van der Waals surface area contributed by atoms with Gasteiger partial charge in [0, 0.05) is 15.1 Å². The van der Waals surface area contributed by atoms with E-state index in [0.29, 0.717) is 5.88 Å². The summed E-state index contributed by atoms with van der Waals surface area (Å²) in [4.78, 5) is 0. The zero-order chi connectivity index (χ0) is 10.1. The van der Waals surface area contributed by atoms with Crippen molar-refractivity contribution >= 4 is 49.0 Å². The first-order chi connectivity index (χ1) is 6.77. The second kappa shape index (κ2) is 4.21. The highest BCUT2D eigenvalue weighted by Crippen LogP contribution is 2.34. The van der Waals surface area contributed by atoms with Gasteiger partial charge in [-0.05, 0) is 40.4 Å². The van der Waals surface area contributed by atoms with E-state index >= 15 is 0 Å². The van der Waals surface area contributed by atoms with E-state index in [9.17, 15) is 0 Å². The van der Waals surface area contributed by atoms with Crippen molar-refractivity contribution in [1.29, 1.82) is 0 Å². The molecule has 1 heterocycles. The van der Waals surface area contributed by atoms with E-state index in [1.165, 1.54) is 25.7 Å². The van der Waals surface area contributed by atoms with Crippen LogP contribution in [0.4, 0.5) is 0 Å². The summed E-state index contributed by atoms with van der Waals surface area (Å²) in [7, 11) is 0. The lowest BCUT2D eigenvalue weighted by molar-refractivity contribution is 1.10. The minimum atomic E-state index is 0.597. The van der Waals surface area contributed by atoms with Crippen LogP contribution in [-0.4, -0.2) is 0 Å². The molecular weight excluding hydrogens is 280 g/mol. The van der Waals surface area contributed by atoms with Gasteiger partial charge in [-0.15, -0.1) is 22.9 Å². The molecule has 0 amide bonds. The lowest BCUT2D eigenvalue weighted by Crippen LogP contribution is -1.91. The van der Waals surface area contributed by atoms with E-state index in [-0.39, 0.29) is 0 Å². The number of rotatable bonds is 2. The highest BCUT2D eigenvalue weighted by molar-refractivity contribution is 9.10. The molecule has 0 saturated heterocycles. The van der Waals surface area contributed by atoms with Crippen LogP contribution >= 0.6 is 38.9 Å². The molecule has 1 aromatic carbocycles. The van der Waals surface area contributed by atoms with Crippen LogP contribution < -0.4 is 0 Å². The molecule has 14 heavy (non-hydrogen) atoms. The molecule has 0 aliphatic rings. The SMILES string of the molecule is CCc1c(Br)cc2ccsc2c1CCl. The van der Waals surface area contributed by atoms with Crippen LogP contribution in [0.3, 0.4) is 0 Å². The Morgan fingerprint density at radius 1 is 1.43 bits per heavy atom. The molecule has 0 unspecified atom stereocenters. The zero-order valence-corrected chi connectivity index (χ0v) is 11.0. The molecule has 0 atom stereocenters. The van der Waals surface area contributed by atoms with Crippen molar-refractivity contribution in [3.63, 3.8) is 0 Å². The number of fused-ring (bicyclic) bond motifs is 1. The largest absolute Gasteiger partial charge is 0.143 e. The van der Waals surface area contributed by atoms with Crippen molar-refractivity contribution in [1.82, 2.24) is 0 Å². The Labute approximate surface area is 101 Å². The van der Waals surface area contributed by atoms with Crippen LogP contribution in [-0.2, 0) is 12.3 Å². The smallest absolute Gasteiger partial charge is 0.0491 e. The molecule has 0 radical (unpaired) electrons. The fourth-order valence-corrected chi connectivity index (χ4v) is 3.80. The van der Waals surface area contributed by atoms with Crippen LogP contribution in [0.2, 0.25) is 0 Å². The van der Waals surface area contributed by atoms with Gasteiger partial charge in [-0.2, -0.15) is 0 Å². The van der Waals surface area contributed by atoms with Crippen molar-refractivity contribution in [3.8, 4) is 0 Å². The van der Waals surface area contributed by atoms with Gasteiger partial charge in [0.15, 0.2) is 0 Å². The van der Waals surface area contributed by atoms with E-state index in [0.717, 1.165) is 6.42 Å². The van der Waals surface area contributed by atoms with Crippen LogP contribution in [0.15, 0.2) is 22.0 Å². The number of benzene rings is 1. The summed E-state index contributed by atoms with van der Waals surface area (Å²) in [5, 5.41) is 3.40. The lowest BCUT2D eigenvalue weighted by Gasteiger charge is -2.08. The van der Waals surface area contributed by atoms with Gasteiger partial charge in [0.05, 0.1) is 0 Å². The van der Waals surface area contributed by atoms with Crippen LogP contribution in [0, 0.1) is 0 Å². The molecule has 0 fully saturated rings. The fourth-order valence-electron chi connectivity index (χ4n) is 1.71. The van der Waals surface area contributed by atoms with E-state index < -0.39 is 0 Å². The van der Waals surface area contributed by atoms with Crippen LogP contribution in [0.1, 0.15) is 18.1 Å². The fraction of sp³-hybridized carbons (Fsp3) is 0.273. The van der Waals surface area contributed by atoms with Crippen LogP contribution in [0.5, 0.6) is 0 Å². The third kappa shape index (κ3) is 1.60. The Morgan fingerprint density at radius 2 is 2.21 bits per heavy atom. The Hall–Kier alpha value is -0.0500. The normalized spacial score (nSPS) is 11.1. The minimum Gasteiger partial charge on any atom is -0.143 e. The van der Waals surface area contributed by atoms with E-state index in [1.807, 2.05) is 0 Å². The summed E-state index contributed by atoms with van der Waals surface area (Å²) in [6.45, 7) is 2.16. The summed E-state index contributed by atoms with van der Waals surface area (Å²) in [6.07, 6.45) is 1.02. The summed E-state index contributed by atoms with van der Waals surface area (Å²) in [6, 6.07) is 4.32. The first-order valence-corrected chi connectivity index (χ1v) is 6.72. The Morgan fingerprint density at radius 3 is 2.86 bits per heavy atom. The number of halogens is 2. The highest BCUT2D eigenvalue weighted by atomic mass is 79.9. The predicted octanol–water partition coefficient (Wildman–Crippen LogP) is 4.97. The molecule has 0 bridgehead atoms. The molecule has 1 aromatic heterocycles. The molecule has 0 aliphatic heterocycles. The molecule has 2 rings (SSSR count). The molecule has 3 heteroatoms. The van der Waals surface area contributed by atoms with Crippen molar-refractivity contribution < 1.29 is 0 Å². The quantitative estimate of drug-likeness (QED) is 0.685. The minimum absolute atomic E-state index is 0.597. The summed E-state index contributed by atoms with van der Waals surface area (Å²) < 4.78 is 2.52. The summed E-state index contributed by atoms with van der Waals surface area (Å²) in [5.74, 6) is 0.597. The maximum Gasteiger partial charge on any atom is 0.0491 e. The number of hydrogen-bond donors (Lipinski definition) is 0. The third-order valence-corrected chi connectivity index (χ3v) is 4.36. The molecule has 0 N–H and O–H groups in total.